The molecule has 1 aromatic heterocycles. The van der Waals surface area contributed by atoms with Gasteiger partial charge in [-0.2, -0.15) is 11.8 Å². The zero-order chi connectivity index (χ0) is 10.4. The third-order valence-corrected chi connectivity index (χ3v) is 2.81. The van der Waals surface area contributed by atoms with Gasteiger partial charge in [-0.15, -0.1) is 0 Å². The molecule has 0 radical (unpaired) electrons. The number of rotatable bonds is 4. The van der Waals surface area contributed by atoms with E-state index in [1.54, 1.807) is 6.20 Å². The first-order valence-corrected chi connectivity index (χ1v) is 5.73. The second kappa shape index (κ2) is 5.65. The van der Waals surface area contributed by atoms with Gasteiger partial charge in [-0.05, 0) is 25.3 Å². The standard InChI is InChI=1S/C10H14N2OS/c1-8(14-2)10(13)12-7-9-5-3-4-6-11-9/h3-6,8H,7H2,1-2H3,(H,12,13)/t8-/m1/s1. The average Bonchev–Trinajstić information content (AvgIpc) is 2.26. The van der Waals surface area contributed by atoms with E-state index in [2.05, 4.69) is 10.3 Å². The van der Waals surface area contributed by atoms with Crippen molar-refractivity contribution in [2.75, 3.05) is 6.26 Å². The Hall–Kier alpha value is -1.03. The number of hydrogen-bond acceptors (Lipinski definition) is 3. The Morgan fingerprint density at radius 3 is 3.00 bits per heavy atom. The summed E-state index contributed by atoms with van der Waals surface area (Å²) in [5.74, 6) is 0.0585. The molecule has 1 N–H and O–H groups in total. The zero-order valence-electron chi connectivity index (χ0n) is 8.36. The van der Waals surface area contributed by atoms with E-state index in [1.165, 1.54) is 11.8 Å². The monoisotopic (exact) mass is 210 g/mol. The van der Waals surface area contributed by atoms with Crippen molar-refractivity contribution < 1.29 is 4.79 Å². The van der Waals surface area contributed by atoms with Crippen LogP contribution >= 0.6 is 11.8 Å². The number of nitrogens with one attached hydrogen (secondary N) is 1. The summed E-state index contributed by atoms with van der Waals surface area (Å²) < 4.78 is 0. The minimum absolute atomic E-state index is 0.00119. The molecule has 0 aliphatic heterocycles. The Labute approximate surface area is 88.3 Å². The lowest BCUT2D eigenvalue weighted by atomic mass is 10.3. The van der Waals surface area contributed by atoms with E-state index in [0.717, 1.165) is 5.69 Å². The quantitative estimate of drug-likeness (QED) is 0.818. The summed E-state index contributed by atoms with van der Waals surface area (Å²) in [6, 6.07) is 5.66. The van der Waals surface area contributed by atoms with E-state index in [4.69, 9.17) is 0 Å². The predicted molar refractivity (Wildman–Crippen MR) is 59.1 cm³/mol. The van der Waals surface area contributed by atoms with Crippen LogP contribution in [-0.2, 0) is 11.3 Å². The van der Waals surface area contributed by atoms with Gasteiger partial charge in [0.15, 0.2) is 0 Å². The smallest absolute Gasteiger partial charge is 0.233 e. The molecule has 4 heteroatoms. The Balaban J connectivity index is 2.38. The fourth-order valence-electron chi connectivity index (χ4n) is 0.931. The van der Waals surface area contributed by atoms with Gasteiger partial charge in [0.2, 0.25) is 5.91 Å². The molecule has 14 heavy (non-hydrogen) atoms. The maximum absolute atomic E-state index is 11.4. The largest absolute Gasteiger partial charge is 0.349 e. The molecule has 1 rings (SSSR count). The van der Waals surface area contributed by atoms with Gasteiger partial charge in [-0.1, -0.05) is 6.07 Å². The normalized spacial score (nSPS) is 12.1. The van der Waals surface area contributed by atoms with E-state index in [9.17, 15) is 4.79 Å². The lowest BCUT2D eigenvalue weighted by Gasteiger charge is -2.08. The van der Waals surface area contributed by atoms with Gasteiger partial charge in [0.05, 0.1) is 17.5 Å². The van der Waals surface area contributed by atoms with E-state index < -0.39 is 0 Å². The van der Waals surface area contributed by atoms with Gasteiger partial charge < -0.3 is 5.32 Å². The third-order valence-electron chi connectivity index (χ3n) is 1.89. The predicted octanol–water partition coefficient (Wildman–Crippen LogP) is 1.45. The summed E-state index contributed by atoms with van der Waals surface area (Å²) in [5.41, 5.74) is 0.883. The number of carbonyl (C=O) groups is 1. The summed E-state index contributed by atoms with van der Waals surface area (Å²) in [6.45, 7) is 2.39. The fourth-order valence-corrected chi connectivity index (χ4v) is 1.23. The van der Waals surface area contributed by atoms with Crippen LogP contribution in [0.1, 0.15) is 12.6 Å². The Kier molecular flexibility index (Phi) is 4.46. The number of pyridine rings is 1. The molecule has 1 amide bonds. The molecule has 0 spiro atoms. The first kappa shape index (κ1) is 11.0. The van der Waals surface area contributed by atoms with E-state index in [1.807, 2.05) is 31.4 Å². The first-order chi connectivity index (χ1) is 6.74. The highest BCUT2D eigenvalue weighted by Crippen LogP contribution is 2.04. The molecule has 0 aromatic carbocycles. The summed E-state index contributed by atoms with van der Waals surface area (Å²) in [7, 11) is 0. The van der Waals surface area contributed by atoms with Crippen molar-refractivity contribution in [2.45, 2.75) is 18.7 Å². The maximum atomic E-state index is 11.4. The summed E-state index contributed by atoms with van der Waals surface area (Å²) in [6.07, 6.45) is 3.64. The van der Waals surface area contributed by atoms with Crippen molar-refractivity contribution in [3.8, 4) is 0 Å². The Morgan fingerprint density at radius 1 is 1.64 bits per heavy atom. The van der Waals surface area contributed by atoms with Gasteiger partial charge in [-0.3, -0.25) is 9.78 Å². The van der Waals surface area contributed by atoms with Crippen molar-refractivity contribution in [1.82, 2.24) is 10.3 Å². The number of carbonyl (C=O) groups excluding carboxylic acids is 1. The fraction of sp³-hybridized carbons (Fsp3) is 0.400. The number of nitrogens with zero attached hydrogens (tertiary/aromatic N) is 1. The molecule has 0 aliphatic carbocycles. The molecule has 0 aliphatic rings. The van der Waals surface area contributed by atoms with Crippen LogP contribution in [0.5, 0.6) is 0 Å². The molecule has 0 fully saturated rings. The number of aromatic nitrogens is 1. The van der Waals surface area contributed by atoms with Crippen LogP contribution in [0.2, 0.25) is 0 Å². The topological polar surface area (TPSA) is 42.0 Å². The van der Waals surface area contributed by atoms with Crippen molar-refractivity contribution in [3.63, 3.8) is 0 Å². The summed E-state index contributed by atoms with van der Waals surface area (Å²) in [5, 5.41) is 2.83. The van der Waals surface area contributed by atoms with Crippen LogP contribution in [0.25, 0.3) is 0 Å². The number of amides is 1. The molecule has 0 saturated carbocycles. The molecule has 0 saturated heterocycles. The van der Waals surface area contributed by atoms with Crippen molar-refractivity contribution in [2.24, 2.45) is 0 Å². The maximum Gasteiger partial charge on any atom is 0.233 e. The second-order valence-corrected chi connectivity index (χ2v) is 4.10. The molecular weight excluding hydrogens is 196 g/mol. The van der Waals surface area contributed by atoms with Crippen LogP contribution < -0.4 is 5.32 Å². The summed E-state index contributed by atoms with van der Waals surface area (Å²) in [4.78, 5) is 15.5. The highest BCUT2D eigenvalue weighted by Gasteiger charge is 2.09. The van der Waals surface area contributed by atoms with Gasteiger partial charge in [0, 0.05) is 6.20 Å². The lowest BCUT2D eigenvalue weighted by molar-refractivity contribution is -0.120. The number of hydrogen-bond donors (Lipinski definition) is 1. The molecular formula is C10H14N2OS. The van der Waals surface area contributed by atoms with E-state index in [0.29, 0.717) is 6.54 Å². The van der Waals surface area contributed by atoms with Crippen molar-refractivity contribution in [1.29, 1.82) is 0 Å². The van der Waals surface area contributed by atoms with E-state index in [-0.39, 0.29) is 11.2 Å². The van der Waals surface area contributed by atoms with Crippen molar-refractivity contribution >= 4 is 17.7 Å². The molecule has 0 unspecified atom stereocenters. The highest BCUT2D eigenvalue weighted by molar-refractivity contribution is 7.99. The molecule has 1 aromatic rings. The molecule has 1 heterocycles. The molecule has 3 nitrogen and oxygen atoms in total. The minimum atomic E-state index is -0.00119. The highest BCUT2D eigenvalue weighted by atomic mass is 32.2. The van der Waals surface area contributed by atoms with Gasteiger partial charge in [-0.25, -0.2) is 0 Å². The van der Waals surface area contributed by atoms with Crippen LogP contribution in [0.15, 0.2) is 24.4 Å². The van der Waals surface area contributed by atoms with Gasteiger partial charge in [0.1, 0.15) is 0 Å². The molecule has 0 bridgehead atoms. The molecule has 1 atom stereocenters. The van der Waals surface area contributed by atoms with E-state index >= 15 is 0 Å². The van der Waals surface area contributed by atoms with Crippen molar-refractivity contribution in [3.05, 3.63) is 30.1 Å². The van der Waals surface area contributed by atoms with Crippen LogP contribution in [-0.4, -0.2) is 22.4 Å². The van der Waals surface area contributed by atoms with Gasteiger partial charge in [0.25, 0.3) is 0 Å². The SMILES string of the molecule is CS[C@H](C)C(=O)NCc1ccccn1. The van der Waals surface area contributed by atoms with Gasteiger partial charge >= 0.3 is 0 Å². The average molecular weight is 210 g/mol. The zero-order valence-corrected chi connectivity index (χ0v) is 9.17. The van der Waals surface area contributed by atoms with Crippen LogP contribution in [0.3, 0.4) is 0 Å². The molecule has 76 valence electrons. The van der Waals surface area contributed by atoms with Crippen LogP contribution in [0, 0.1) is 0 Å². The third kappa shape index (κ3) is 3.38. The number of thioether (sulfide) groups is 1. The second-order valence-electron chi connectivity index (χ2n) is 2.92. The Morgan fingerprint density at radius 2 is 2.43 bits per heavy atom. The Bertz CT molecular complexity index is 289. The van der Waals surface area contributed by atoms with Crippen LogP contribution in [0.4, 0.5) is 0 Å². The first-order valence-electron chi connectivity index (χ1n) is 4.44. The minimum Gasteiger partial charge on any atom is -0.349 e. The lowest BCUT2D eigenvalue weighted by Crippen LogP contribution is -2.30. The summed E-state index contributed by atoms with van der Waals surface area (Å²) >= 11 is 1.54.